The van der Waals surface area contributed by atoms with Crippen LogP contribution in [0.2, 0.25) is 25.7 Å². The SMILES string of the molecule is COC(=O)c1nc(N(CCCCCCN(C)C)c2cc(C)c(/N=c3\sc4ccccc4n3COCC[Si](C)(C)C)nn2)sc1CCCOc1ccc(C#CCN(C)C(=O)OC(C)(C)C)cc1F. The molecule has 3 aromatic heterocycles. The Hall–Kier alpha value is -5.19. The first kappa shape index (κ1) is 52.8. The van der Waals surface area contributed by atoms with E-state index in [0.717, 1.165) is 63.7 Å². The Balaban J connectivity index is 1.33. The third-order valence-corrected chi connectivity index (χ3v) is 14.2. The van der Waals surface area contributed by atoms with E-state index in [9.17, 15) is 9.59 Å². The van der Waals surface area contributed by atoms with Crippen molar-refractivity contribution in [2.45, 2.75) is 104 Å². The Morgan fingerprint density at radius 1 is 0.940 bits per heavy atom. The summed E-state index contributed by atoms with van der Waals surface area (Å²) in [4.78, 5) is 42.3. The number of anilines is 2. The van der Waals surface area contributed by atoms with E-state index in [1.54, 1.807) is 45.2 Å². The van der Waals surface area contributed by atoms with Gasteiger partial charge in [0.25, 0.3) is 0 Å². The largest absolute Gasteiger partial charge is 0.491 e. The van der Waals surface area contributed by atoms with Crippen LogP contribution in [0.15, 0.2) is 53.5 Å². The molecule has 0 spiro atoms. The molecule has 14 nitrogen and oxygen atoms in total. The number of hydrogen-bond donors (Lipinski definition) is 0. The number of ether oxygens (including phenoxy) is 4. The van der Waals surface area contributed by atoms with E-state index in [0.29, 0.717) is 55.1 Å². The van der Waals surface area contributed by atoms with Crippen LogP contribution in [-0.4, -0.2) is 116 Å². The average molecular weight is 975 g/mol. The smallest absolute Gasteiger partial charge is 0.410 e. The molecule has 18 heteroatoms. The van der Waals surface area contributed by atoms with Gasteiger partial charge in [-0.05, 0) is 122 Å². The summed E-state index contributed by atoms with van der Waals surface area (Å²) in [7, 11) is 5.84. The normalized spacial score (nSPS) is 12.0. The molecule has 0 radical (unpaired) electrons. The van der Waals surface area contributed by atoms with Crippen LogP contribution in [0.25, 0.3) is 10.2 Å². The first-order chi connectivity index (χ1) is 31.8. The molecule has 0 bridgehead atoms. The van der Waals surface area contributed by atoms with Crippen LogP contribution in [0.1, 0.15) is 79.4 Å². The molecule has 0 aliphatic heterocycles. The zero-order chi connectivity index (χ0) is 48.7. The minimum Gasteiger partial charge on any atom is -0.491 e. The van der Waals surface area contributed by atoms with Gasteiger partial charge in [0, 0.05) is 38.7 Å². The number of carbonyl (C=O) groups is 2. The van der Waals surface area contributed by atoms with Gasteiger partial charge in [-0.1, -0.05) is 67.8 Å². The highest BCUT2D eigenvalue weighted by Gasteiger charge is 2.25. The van der Waals surface area contributed by atoms with Gasteiger partial charge in [0.15, 0.2) is 38.8 Å². The van der Waals surface area contributed by atoms with Gasteiger partial charge in [0.1, 0.15) is 12.3 Å². The van der Waals surface area contributed by atoms with E-state index in [1.807, 2.05) is 30.0 Å². The molecule has 2 aromatic carbocycles. The quantitative estimate of drug-likeness (QED) is 0.0284. The van der Waals surface area contributed by atoms with Crippen LogP contribution in [0.3, 0.4) is 0 Å². The van der Waals surface area contributed by atoms with E-state index >= 15 is 4.39 Å². The van der Waals surface area contributed by atoms with Gasteiger partial charge < -0.3 is 33.6 Å². The predicted octanol–water partition coefficient (Wildman–Crippen LogP) is 10.2. The number of esters is 1. The number of benzene rings is 2. The molecule has 0 aliphatic carbocycles. The van der Waals surface area contributed by atoms with Crippen molar-refractivity contribution < 1.29 is 32.9 Å². The minimum absolute atomic E-state index is 0.0865. The number of hydrogen-bond acceptors (Lipinski definition) is 14. The molecule has 0 N–H and O–H groups in total. The molecular formula is C49H67FN8O6S2Si. The summed E-state index contributed by atoms with van der Waals surface area (Å²) in [5.41, 5.74) is 1.94. The molecule has 362 valence electrons. The highest BCUT2D eigenvalue weighted by molar-refractivity contribution is 7.16. The number of amides is 1. The lowest BCUT2D eigenvalue weighted by Gasteiger charge is -2.23. The fourth-order valence-corrected chi connectivity index (χ4v) is 9.48. The Morgan fingerprint density at radius 3 is 2.37 bits per heavy atom. The number of aromatic nitrogens is 4. The molecule has 1 amide bonds. The van der Waals surface area contributed by atoms with Crippen molar-refractivity contribution in [2.24, 2.45) is 4.99 Å². The second-order valence-corrected chi connectivity index (χ2v) is 26.5. The number of carbonyl (C=O) groups excluding carboxylic acids is 2. The molecule has 0 fully saturated rings. The first-order valence-electron chi connectivity index (χ1n) is 22.7. The summed E-state index contributed by atoms with van der Waals surface area (Å²) in [6.45, 7) is 17.4. The van der Waals surface area contributed by atoms with Gasteiger partial charge in [-0.25, -0.2) is 19.0 Å². The highest BCUT2D eigenvalue weighted by atomic mass is 32.1. The highest BCUT2D eigenvalue weighted by Crippen LogP contribution is 2.34. The number of nitrogens with zero attached hydrogens (tertiary/aromatic N) is 8. The zero-order valence-electron chi connectivity index (χ0n) is 41.0. The number of unbranched alkanes of at least 4 members (excludes halogenated alkanes) is 3. The van der Waals surface area contributed by atoms with Crippen molar-refractivity contribution in [1.29, 1.82) is 0 Å². The molecule has 0 saturated carbocycles. The lowest BCUT2D eigenvalue weighted by atomic mass is 10.2. The molecule has 0 unspecified atom stereocenters. The Labute approximate surface area is 404 Å². The van der Waals surface area contributed by atoms with Crippen LogP contribution in [0.4, 0.5) is 26.0 Å². The molecule has 0 atom stereocenters. The van der Waals surface area contributed by atoms with Gasteiger partial charge in [-0.15, -0.1) is 21.5 Å². The molecule has 67 heavy (non-hydrogen) atoms. The van der Waals surface area contributed by atoms with Crippen molar-refractivity contribution in [2.75, 3.05) is 66.0 Å². The van der Waals surface area contributed by atoms with Crippen molar-refractivity contribution in [3.63, 3.8) is 0 Å². The lowest BCUT2D eigenvalue weighted by molar-refractivity contribution is 0.0320. The number of aryl methyl sites for hydroxylation is 2. The molecule has 0 aliphatic rings. The summed E-state index contributed by atoms with van der Waals surface area (Å²) in [6.07, 6.45) is 4.47. The number of halogens is 1. The Bertz CT molecular complexity index is 2570. The summed E-state index contributed by atoms with van der Waals surface area (Å²) in [6, 6.07) is 15.8. The van der Waals surface area contributed by atoms with Gasteiger partial charge in [-0.3, -0.25) is 4.57 Å². The molecule has 3 heterocycles. The molecule has 5 aromatic rings. The van der Waals surface area contributed by atoms with Crippen LogP contribution >= 0.6 is 22.7 Å². The predicted molar refractivity (Wildman–Crippen MR) is 269 cm³/mol. The van der Waals surface area contributed by atoms with Crippen LogP contribution in [-0.2, 0) is 27.4 Å². The number of fused-ring (bicyclic) bond motifs is 1. The van der Waals surface area contributed by atoms with E-state index in [1.165, 1.54) is 35.5 Å². The lowest BCUT2D eigenvalue weighted by Crippen LogP contribution is -2.34. The average Bonchev–Trinajstić information content (AvgIpc) is 3.84. The number of rotatable bonds is 22. The number of methoxy groups -OCH3 is 1. The summed E-state index contributed by atoms with van der Waals surface area (Å²) < 4.78 is 40.9. The van der Waals surface area contributed by atoms with E-state index in [2.05, 4.69) is 72.3 Å². The van der Waals surface area contributed by atoms with Crippen LogP contribution in [0, 0.1) is 24.6 Å². The van der Waals surface area contributed by atoms with Gasteiger partial charge in [0.05, 0.1) is 30.5 Å². The minimum atomic E-state index is -1.25. The summed E-state index contributed by atoms with van der Waals surface area (Å²) >= 11 is 2.98. The van der Waals surface area contributed by atoms with E-state index in [-0.39, 0.29) is 24.6 Å². The number of para-hydroxylation sites is 1. The van der Waals surface area contributed by atoms with Crippen LogP contribution in [0.5, 0.6) is 5.75 Å². The van der Waals surface area contributed by atoms with Crippen molar-refractivity contribution in [1.82, 2.24) is 29.5 Å². The third-order valence-electron chi connectivity index (χ3n) is 10.3. The zero-order valence-corrected chi connectivity index (χ0v) is 43.7. The molecule has 5 rings (SSSR count). The maximum Gasteiger partial charge on any atom is 0.410 e. The van der Waals surface area contributed by atoms with Gasteiger partial charge >= 0.3 is 12.1 Å². The maximum absolute atomic E-state index is 15.1. The second kappa shape index (κ2) is 24.7. The summed E-state index contributed by atoms with van der Waals surface area (Å²) in [5.74, 6) is 5.86. The van der Waals surface area contributed by atoms with Crippen molar-refractivity contribution >= 4 is 69.8 Å². The first-order valence-corrected chi connectivity index (χ1v) is 28.1. The summed E-state index contributed by atoms with van der Waals surface area (Å²) in [5, 5.41) is 9.98. The Morgan fingerprint density at radius 2 is 1.69 bits per heavy atom. The monoisotopic (exact) mass is 974 g/mol. The Kier molecular flexibility index (Phi) is 19.5. The van der Waals surface area contributed by atoms with E-state index in [4.69, 9.17) is 34.0 Å². The van der Waals surface area contributed by atoms with Crippen molar-refractivity contribution in [3.8, 4) is 17.6 Å². The van der Waals surface area contributed by atoms with Gasteiger partial charge in [0.2, 0.25) is 0 Å². The van der Waals surface area contributed by atoms with Gasteiger partial charge in [-0.2, -0.15) is 4.99 Å². The fourth-order valence-electron chi connectivity index (χ4n) is 6.58. The standard InChI is InChI=1S/C49H67FN8O6S2Si/c1-35-32-42(53-54-44(35)52-47-58(34-62-30-31-67(9,10)11)38-21-14-15-22-40(38)65-47)57(28-17-13-12-16-26-55(5)6)46-51-43(45(59)61-8)41(66-46)23-19-29-63-39-25-24-36(33-37(39)50)20-18-27-56(7)48(60)64-49(2,3)4/h14-15,21-22,24-25,32-33H,12-13,16-17,19,23,26-31,34H2,1-11H3/b52-47-. The molecule has 0 saturated heterocycles. The molecular weight excluding hydrogens is 908 g/mol. The second-order valence-electron chi connectivity index (χ2n) is 18.8. The fraction of sp³-hybridized carbons (Fsp3) is 0.510. The topological polar surface area (TPSA) is 137 Å². The van der Waals surface area contributed by atoms with Crippen molar-refractivity contribution in [3.05, 3.63) is 80.8 Å². The van der Waals surface area contributed by atoms with E-state index < -0.39 is 31.6 Å². The number of thiazole rings is 2. The third kappa shape index (κ3) is 16.5. The maximum atomic E-state index is 15.1. The van der Waals surface area contributed by atoms with Crippen LogP contribution < -0.4 is 14.4 Å².